The van der Waals surface area contributed by atoms with E-state index in [-0.39, 0.29) is 11.9 Å². The maximum atomic E-state index is 12.0. The summed E-state index contributed by atoms with van der Waals surface area (Å²) in [5.74, 6) is 1.45. The Hall–Kier alpha value is -1.71. The number of ether oxygens (including phenoxy) is 2. The van der Waals surface area contributed by atoms with Crippen LogP contribution in [0.2, 0.25) is 0 Å². The molecule has 0 unspecified atom stereocenters. The molecule has 0 aliphatic heterocycles. The van der Waals surface area contributed by atoms with Crippen LogP contribution in [0.3, 0.4) is 0 Å². The van der Waals surface area contributed by atoms with Gasteiger partial charge in [0.25, 0.3) is 0 Å². The molecule has 0 spiro atoms. The lowest BCUT2D eigenvalue weighted by Gasteiger charge is -2.16. The monoisotopic (exact) mass is 265 g/mol. The van der Waals surface area contributed by atoms with E-state index >= 15 is 0 Å². The van der Waals surface area contributed by atoms with Crippen molar-refractivity contribution in [2.75, 3.05) is 14.2 Å². The van der Waals surface area contributed by atoms with Crippen LogP contribution in [0.1, 0.15) is 32.3 Å². The normalized spacial score (nSPS) is 10.4. The lowest BCUT2D eigenvalue weighted by Crippen LogP contribution is -2.34. The van der Waals surface area contributed by atoms with Crippen molar-refractivity contribution in [2.45, 2.75) is 39.2 Å². The van der Waals surface area contributed by atoms with Gasteiger partial charge in [0, 0.05) is 11.6 Å². The van der Waals surface area contributed by atoms with Crippen LogP contribution in [0.25, 0.3) is 0 Å². The third kappa shape index (κ3) is 4.47. The zero-order chi connectivity index (χ0) is 14.3. The molecule has 106 valence electrons. The second-order valence-corrected chi connectivity index (χ2v) is 4.44. The Morgan fingerprint density at radius 3 is 2.42 bits per heavy atom. The first kappa shape index (κ1) is 15.3. The maximum absolute atomic E-state index is 12.0. The van der Waals surface area contributed by atoms with Gasteiger partial charge in [0.2, 0.25) is 5.91 Å². The minimum atomic E-state index is 0.0141. The van der Waals surface area contributed by atoms with Crippen molar-refractivity contribution >= 4 is 5.91 Å². The Morgan fingerprint density at radius 2 is 1.89 bits per heavy atom. The fraction of sp³-hybridized carbons (Fsp3) is 0.533. The summed E-state index contributed by atoms with van der Waals surface area (Å²) in [6.45, 7) is 4.14. The largest absolute Gasteiger partial charge is 0.497 e. The second kappa shape index (κ2) is 7.67. The Kier molecular flexibility index (Phi) is 6.19. The number of carbonyl (C=O) groups is 1. The lowest BCUT2D eigenvalue weighted by molar-refractivity contribution is -0.121. The van der Waals surface area contributed by atoms with Crippen LogP contribution in [-0.4, -0.2) is 26.2 Å². The van der Waals surface area contributed by atoms with E-state index in [1.807, 2.05) is 18.2 Å². The van der Waals surface area contributed by atoms with E-state index < -0.39 is 0 Å². The van der Waals surface area contributed by atoms with Gasteiger partial charge in [0.1, 0.15) is 11.5 Å². The third-order valence-electron chi connectivity index (χ3n) is 3.19. The van der Waals surface area contributed by atoms with Gasteiger partial charge in [-0.3, -0.25) is 4.79 Å². The summed E-state index contributed by atoms with van der Waals surface area (Å²) in [6, 6.07) is 5.72. The van der Waals surface area contributed by atoms with Gasteiger partial charge in [-0.1, -0.05) is 13.8 Å². The number of carbonyl (C=O) groups excluding carboxylic acids is 1. The molecule has 1 aromatic rings. The molecule has 0 fully saturated rings. The molecular formula is C15H23NO3. The molecule has 0 saturated carbocycles. The van der Waals surface area contributed by atoms with E-state index in [9.17, 15) is 4.79 Å². The first-order chi connectivity index (χ1) is 9.14. The highest BCUT2D eigenvalue weighted by Crippen LogP contribution is 2.24. The average molecular weight is 265 g/mol. The number of rotatable bonds is 7. The third-order valence-corrected chi connectivity index (χ3v) is 3.19. The van der Waals surface area contributed by atoms with Crippen LogP contribution >= 0.6 is 0 Å². The van der Waals surface area contributed by atoms with Gasteiger partial charge in [-0.2, -0.15) is 0 Å². The minimum absolute atomic E-state index is 0.0141. The maximum Gasteiger partial charge on any atom is 0.224 e. The van der Waals surface area contributed by atoms with Crippen LogP contribution in [0.4, 0.5) is 0 Å². The zero-order valence-electron chi connectivity index (χ0n) is 12.2. The van der Waals surface area contributed by atoms with Crippen molar-refractivity contribution in [3.05, 3.63) is 23.8 Å². The molecule has 4 heteroatoms. The lowest BCUT2D eigenvalue weighted by atomic mass is 10.1. The van der Waals surface area contributed by atoms with Gasteiger partial charge in [0.05, 0.1) is 20.6 Å². The Bertz CT molecular complexity index is 414. The number of nitrogens with one attached hydrogen (secondary N) is 1. The molecule has 0 aromatic heterocycles. The highest BCUT2D eigenvalue weighted by Gasteiger charge is 2.12. The van der Waals surface area contributed by atoms with Gasteiger partial charge < -0.3 is 14.8 Å². The van der Waals surface area contributed by atoms with Crippen molar-refractivity contribution in [3.63, 3.8) is 0 Å². The summed E-state index contributed by atoms with van der Waals surface area (Å²) in [6.07, 6.45) is 2.19. The SMILES string of the molecule is CCC(CC)NC(=O)Cc1cc(OC)ccc1OC. The minimum Gasteiger partial charge on any atom is -0.497 e. The van der Waals surface area contributed by atoms with Crippen molar-refractivity contribution in [1.82, 2.24) is 5.32 Å². The molecule has 19 heavy (non-hydrogen) atoms. The number of amides is 1. The molecule has 0 radical (unpaired) electrons. The fourth-order valence-electron chi connectivity index (χ4n) is 1.96. The smallest absolute Gasteiger partial charge is 0.224 e. The molecule has 1 N–H and O–H groups in total. The van der Waals surface area contributed by atoms with Crippen molar-refractivity contribution in [1.29, 1.82) is 0 Å². The zero-order valence-corrected chi connectivity index (χ0v) is 12.2. The summed E-state index contributed by atoms with van der Waals surface area (Å²) < 4.78 is 10.4. The number of hydrogen-bond donors (Lipinski definition) is 1. The molecule has 0 saturated heterocycles. The predicted octanol–water partition coefficient (Wildman–Crippen LogP) is 2.55. The van der Waals surface area contributed by atoms with E-state index in [0.717, 1.165) is 24.2 Å². The summed E-state index contributed by atoms with van der Waals surface area (Å²) >= 11 is 0. The quantitative estimate of drug-likeness (QED) is 0.824. The summed E-state index contributed by atoms with van der Waals surface area (Å²) in [5.41, 5.74) is 0.838. The molecular weight excluding hydrogens is 242 g/mol. The standard InChI is InChI=1S/C15H23NO3/c1-5-12(6-2)16-15(17)10-11-9-13(18-3)7-8-14(11)19-4/h7-9,12H,5-6,10H2,1-4H3,(H,16,17). The van der Waals surface area contributed by atoms with Gasteiger partial charge in [0.15, 0.2) is 0 Å². The van der Waals surface area contributed by atoms with Crippen molar-refractivity contribution < 1.29 is 14.3 Å². The van der Waals surface area contributed by atoms with Crippen LogP contribution in [0, 0.1) is 0 Å². The molecule has 0 aliphatic carbocycles. The number of benzene rings is 1. The molecule has 0 heterocycles. The van der Waals surface area contributed by atoms with E-state index in [1.165, 1.54) is 0 Å². The Morgan fingerprint density at radius 1 is 1.21 bits per heavy atom. The summed E-state index contributed by atoms with van der Waals surface area (Å²) in [7, 11) is 3.21. The highest BCUT2D eigenvalue weighted by atomic mass is 16.5. The second-order valence-electron chi connectivity index (χ2n) is 4.44. The van der Waals surface area contributed by atoms with Gasteiger partial charge in [-0.05, 0) is 31.0 Å². The first-order valence-electron chi connectivity index (χ1n) is 6.64. The average Bonchev–Trinajstić information content (AvgIpc) is 2.44. The molecule has 1 aromatic carbocycles. The van der Waals surface area contributed by atoms with Crippen LogP contribution in [0.15, 0.2) is 18.2 Å². The van der Waals surface area contributed by atoms with Crippen LogP contribution in [0.5, 0.6) is 11.5 Å². The van der Waals surface area contributed by atoms with E-state index in [4.69, 9.17) is 9.47 Å². The van der Waals surface area contributed by atoms with Gasteiger partial charge >= 0.3 is 0 Å². The summed E-state index contributed by atoms with van der Waals surface area (Å²) in [4.78, 5) is 12.0. The molecule has 0 bridgehead atoms. The van der Waals surface area contributed by atoms with Crippen molar-refractivity contribution in [3.8, 4) is 11.5 Å². The topological polar surface area (TPSA) is 47.6 Å². The predicted molar refractivity (Wildman–Crippen MR) is 75.8 cm³/mol. The molecule has 0 aliphatic rings. The van der Waals surface area contributed by atoms with Gasteiger partial charge in [-0.15, -0.1) is 0 Å². The van der Waals surface area contributed by atoms with Crippen LogP contribution < -0.4 is 14.8 Å². The molecule has 0 atom stereocenters. The highest BCUT2D eigenvalue weighted by molar-refractivity contribution is 5.79. The summed E-state index contributed by atoms with van der Waals surface area (Å²) in [5, 5.41) is 3.02. The Labute approximate surface area is 115 Å². The number of hydrogen-bond acceptors (Lipinski definition) is 3. The molecule has 1 rings (SSSR count). The molecule has 1 amide bonds. The van der Waals surface area contributed by atoms with Crippen molar-refractivity contribution in [2.24, 2.45) is 0 Å². The molecule has 4 nitrogen and oxygen atoms in total. The van der Waals surface area contributed by atoms with Crippen LogP contribution in [-0.2, 0) is 11.2 Å². The van der Waals surface area contributed by atoms with E-state index in [1.54, 1.807) is 14.2 Å². The Balaban J connectivity index is 2.77. The first-order valence-corrected chi connectivity index (χ1v) is 6.64. The number of methoxy groups -OCH3 is 2. The van der Waals surface area contributed by atoms with E-state index in [2.05, 4.69) is 19.2 Å². The van der Waals surface area contributed by atoms with E-state index in [0.29, 0.717) is 12.2 Å². The fourth-order valence-corrected chi connectivity index (χ4v) is 1.96. The van der Waals surface area contributed by atoms with Gasteiger partial charge in [-0.25, -0.2) is 0 Å².